The maximum atomic E-state index is 13.2. The number of Topliss-reactive ketones (excluding diaryl/α,β-unsaturated/α-hetero) is 1. The lowest BCUT2D eigenvalue weighted by atomic mass is 9.74. The van der Waals surface area contributed by atoms with Gasteiger partial charge in [-0.05, 0) is 48.4 Å². The largest absolute Gasteiger partial charge is 0.454 e. The average Bonchev–Trinajstić information content (AvgIpc) is 3.16. The molecule has 0 spiro atoms. The van der Waals surface area contributed by atoms with Crippen LogP contribution < -0.4 is 9.47 Å². The van der Waals surface area contributed by atoms with Crippen molar-refractivity contribution >= 4 is 5.78 Å². The van der Waals surface area contributed by atoms with Crippen LogP contribution in [0.1, 0.15) is 55.6 Å². The highest BCUT2D eigenvalue weighted by Gasteiger charge is 2.30. The molecule has 4 rings (SSSR count). The molecule has 3 heteroatoms. The van der Waals surface area contributed by atoms with Crippen molar-refractivity contribution in [1.82, 2.24) is 0 Å². The van der Waals surface area contributed by atoms with Crippen molar-refractivity contribution in [2.75, 3.05) is 6.79 Å². The van der Waals surface area contributed by atoms with E-state index < -0.39 is 0 Å². The normalized spacial score (nSPS) is 17.8. The second-order valence-electron chi connectivity index (χ2n) is 7.44. The van der Waals surface area contributed by atoms with Gasteiger partial charge >= 0.3 is 0 Å². The van der Waals surface area contributed by atoms with Gasteiger partial charge < -0.3 is 9.47 Å². The second-order valence-corrected chi connectivity index (χ2v) is 7.44. The molecule has 26 heavy (non-hydrogen) atoms. The molecule has 2 aromatic carbocycles. The molecule has 0 saturated heterocycles. The van der Waals surface area contributed by atoms with Crippen LogP contribution in [-0.2, 0) is 11.2 Å². The predicted molar refractivity (Wildman–Crippen MR) is 102 cm³/mol. The predicted octanol–water partition coefficient (Wildman–Crippen LogP) is 5.28. The highest BCUT2D eigenvalue weighted by atomic mass is 16.7. The molecule has 1 aliphatic heterocycles. The Bertz CT molecular complexity index is 747. The Hall–Kier alpha value is -2.29. The van der Waals surface area contributed by atoms with E-state index in [2.05, 4.69) is 24.3 Å². The summed E-state index contributed by atoms with van der Waals surface area (Å²) in [7, 11) is 0. The van der Waals surface area contributed by atoms with Gasteiger partial charge in [0.05, 0.1) is 0 Å². The summed E-state index contributed by atoms with van der Waals surface area (Å²) in [5.74, 6) is 2.51. The first-order valence-electron chi connectivity index (χ1n) is 9.77. The van der Waals surface area contributed by atoms with Crippen LogP contribution in [0.2, 0.25) is 0 Å². The second kappa shape index (κ2) is 7.94. The third-order valence-corrected chi connectivity index (χ3v) is 5.72. The molecule has 2 aliphatic rings. The lowest BCUT2D eigenvalue weighted by Crippen LogP contribution is -2.24. The number of aryl methyl sites for hydroxylation is 1. The minimum absolute atomic E-state index is 0.0468. The van der Waals surface area contributed by atoms with Crippen molar-refractivity contribution in [2.24, 2.45) is 5.92 Å². The Kier molecular flexibility index (Phi) is 5.24. The summed E-state index contributed by atoms with van der Waals surface area (Å²) < 4.78 is 10.8. The van der Waals surface area contributed by atoms with Gasteiger partial charge in [-0.1, -0.05) is 55.7 Å². The molecule has 2 aromatic rings. The van der Waals surface area contributed by atoms with E-state index in [0.29, 0.717) is 18.1 Å². The van der Waals surface area contributed by atoms with Gasteiger partial charge in [0, 0.05) is 12.3 Å². The van der Waals surface area contributed by atoms with E-state index in [1.54, 1.807) is 0 Å². The van der Waals surface area contributed by atoms with Crippen molar-refractivity contribution < 1.29 is 14.3 Å². The van der Waals surface area contributed by atoms with Crippen LogP contribution in [0.4, 0.5) is 0 Å². The summed E-state index contributed by atoms with van der Waals surface area (Å²) in [5, 5.41) is 0. The van der Waals surface area contributed by atoms with E-state index in [1.165, 1.54) is 37.7 Å². The number of fused-ring (bicyclic) bond motifs is 1. The van der Waals surface area contributed by atoms with Crippen LogP contribution in [0.3, 0.4) is 0 Å². The molecule has 0 bridgehead atoms. The summed E-state index contributed by atoms with van der Waals surface area (Å²) >= 11 is 0. The Morgan fingerprint density at radius 1 is 0.962 bits per heavy atom. The molecular formula is C23H26O3. The summed E-state index contributed by atoms with van der Waals surface area (Å²) in [6, 6.07) is 16.4. The molecular weight excluding hydrogens is 324 g/mol. The van der Waals surface area contributed by atoms with Crippen molar-refractivity contribution in [1.29, 1.82) is 0 Å². The van der Waals surface area contributed by atoms with Crippen LogP contribution in [0, 0.1) is 5.92 Å². The van der Waals surface area contributed by atoms with Crippen LogP contribution in [0.15, 0.2) is 48.5 Å². The fourth-order valence-corrected chi connectivity index (χ4v) is 4.37. The number of rotatable bonds is 6. The topological polar surface area (TPSA) is 35.5 Å². The number of carbonyl (C=O) groups excluding carboxylic acids is 1. The monoisotopic (exact) mass is 350 g/mol. The van der Waals surface area contributed by atoms with Crippen LogP contribution in [0.25, 0.3) is 0 Å². The molecule has 136 valence electrons. The Morgan fingerprint density at radius 3 is 2.54 bits per heavy atom. The van der Waals surface area contributed by atoms with Crippen LogP contribution >= 0.6 is 0 Å². The number of hydrogen-bond donors (Lipinski definition) is 0. The number of ketones is 1. The maximum absolute atomic E-state index is 13.2. The molecule has 1 fully saturated rings. The van der Waals surface area contributed by atoms with Gasteiger partial charge in [0.1, 0.15) is 5.78 Å². The first-order chi connectivity index (χ1) is 12.8. The molecule has 3 nitrogen and oxygen atoms in total. The van der Waals surface area contributed by atoms with Gasteiger partial charge in [-0.2, -0.15) is 0 Å². The third kappa shape index (κ3) is 3.77. The van der Waals surface area contributed by atoms with E-state index in [9.17, 15) is 4.79 Å². The van der Waals surface area contributed by atoms with Crippen molar-refractivity contribution in [3.05, 3.63) is 59.7 Å². The van der Waals surface area contributed by atoms with Gasteiger partial charge in [-0.15, -0.1) is 0 Å². The molecule has 1 atom stereocenters. The van der Waals surface area contributed by atoms with Gasteiger partial charge in [0.2, 0.25) is 6.79 Å². The molecule has 1 heterocycles. The number of ether oxygens (including phenoxy) is 2. The fraction of sp³-hybridized carbons (Fsp3) is 0.435. The third-order valence-electron chi connectivity index (χ3n) is 5.72. The molecule has 0 radical (unpaired) electrons. The maximum Gasteiger partial charge on any atom is 0.231 e. The highest BCUT2D eigenvalue weighted by molar-refractivity contribution is 5.86. The number of hydrogen-bond acceptors (Lipinski definition) is 3. The molecule has 0 N–H and O–H groups in total. The van der Waals surface area contributed by atoms with E-state index in [4.69, 9.17) is 9.47 Å². The zero-order valence-corrected chi connectivity index (χ0v) is 15.2. The molecule has 0 aromatic heterocycles. The summed E-state index contributed by atoms with van der Waals surface area (Å²) in [6.07, 6.45) is 7.50. The summed E-state index contributed by atoms with van der Waals surface area (Å²) in [4.78, 5) is 13.2. The van der Waals surface area contributed by atoms with Crippen molar-refractivity contribution in [2.45, 2.75) is 50.9 Å². The van der Waals surface area contributed by atoms with Gasteiger partial charge in [-0.25, -0.2) is 0 Å². The quantitative estimate of drug-likeness (QED) is 0.711. The van der Waals surface area contributed by atoms with Gasteiger partial charge in [0.15, 0.2) is 11.5 Å². The lowest BCUT2D eigenvalue weighted by molar-refractivity contribution is -0.122. The SMILES string of the molecule is O=C(CCc1ccc2c(c1)OCO2)C(c1ccccc1)C1CCCCC1. The molecule has 1 aliphatic carbocycles. The van der Waals surface area contributed by atoms with E-state index in [1.807, 2.05) is 24.3 Å². The Morgan fingerprint density at radius 2 is 1.73 bits per heavy atom. The summed E-state index contributed by atoms with van der Waals surface area (Å²) in [5.41, 5.74) is 2.33. The van der Waals surface area contributed by atoms with E-state index >= 15 is 0 Å². The number of benzene rings is 2. The Balaban J connectivity index is 1.47. The Labute approximate surface area is 155 Å². The molecule has 0 amide bonds. The van der Waals surface area contributed by atoms with Gasteiger partial charge in [-0.3, -0.25) is 4.79 Å². The first kappa shape index (κ1) is 17.1. The molecule has 1 saturated carbocycles. The fourth-order valence-electron chi connectivity index (χ4n) is 4.37. The van der Waals surface area contributed by atoms with Gasteiger partial charge in [0.25, 0.3) is 0 Å². The van der Waals surface area contributed by atoms with Crippen molar-refractivity contribution in [3.63, 3.8) is 0 Å². The van der Waals surface area contributed by atoms with Crippen LogP contribution in [0.5, 0.6) is 11.5 Å². The number of carbonyl (C=O) groups is 1. The molecule has 1 unspecified atom stereocenters. The van der Waals surface area contributed by atoms with Crippen molar-refractivity contribution in [3.8, 4) is 11.5 Å². The lowest BCUT2D eigenvalue weighted by Gasteiger charge is -2.30. The van der Waals surface area contributed by atoms with Crippen LogP contribution in [-0.4, -0.2) is 12.6 Å². The summed E-state index contributed by atoms with van der Waals surface area (Å²) in [6.45, 7) is 0.287. The minimum atomic E-state index is 0.0468. The zero-order valence-electron chi connectivity index (χ0n) is 15.2. The highest BCUT2D eigenvalue weighted by Crippen LogP contribution is 2.38. The van der Waals surface area contributed by atoms with E-state index in [-0.39, 0.29) is 12.7 Å². The zero-order chi connectivity index (χ0) is 17.8. The first-order valence-corrected chi connectivity index (χ1v) is 9.77. The smallest absolute Gasteiger partial charge is 0.231 e. The standard InChI is InChI=1S/C23H26O3/c24-20(13-11-17-12-14-21-22(15-17)26-16-25-21)23(18-7-3-1-4-8-18)19-9-5-2-6-10-19/h1,3-4,7-8,12,14-15,19,23H,2,5-6,9-11,13,16H2. The minimum Gasteiger partial charge on any atom is -0.454 e. The average molecular weight is 350 g/mol. The van der Waals surface area contributed by atoms with E-state index in [0.717, 1.165) is 23.5 Å².